The van der Waals surface area contributed by atoms with E-state index in [-0.39, 0.29) is 0 Å². The summed E-state index contributed by atoms with van der Waals surface area (Å²) in [5.41, 5.74) is 0. The van der Waals surface area contributed by atoms with Gasteiger partial charge in [-0.3, -0.25) is 4.79 Å². The second-order valence-corrected chi connectivity index (χ2v) is 3.96. The summed E-state index contributed by atoms with van der Waals surface area (Å²) < 4.78 is 9.82. The van der Waals surface area contributed by atoms with Gasteiger partial charge < -0.3 is 9.47 Å². The first kappa shape index (κ1) is 11.3. The number of hydrogen-bond acceptors (Lipinski definition) is 5. The highest BCUT2D eigenvalue weighted by atomic mass is 16.7. The van der Waals surface area contributed by atoms with Crippen molar-refractivity contribution in [3.8, 4) is 0 Å². The lowest BCUT2D eigenvalue weighted by Crippen LogP contribution is -2.50. The van der Waals surface area contributed by atoms with Crippen molar-refractivity contribution in [2.45, 2.75) is 5.79 Å². The minimum Gasteiger partial charge on any atom is -0.406 e. The Labute approximate surface area is 106 Å². The van der Waals surface area contributed by atoms with Gasteiger partial charge in [0.15, 0.2) is 0 Å². The van der Waals surface area contributed by atoms with E-state index >= 15 is 0 Å². The van der Waals surface area contributed by atoms with Crippen LogP contribution in [0.2, 0.25) is 0 Å². The second-order valence-electron chi connectivity index (χ2n) is 3.96. The van der Waals surface area contributed by atoms with Gasteiger partial charge in [-0.1, -0.05) is 18.2 Å². The minimum atomic E-state index is -2.11. The predicted molar refractivity (Wildman–Crippen MR) is 60.8 cm³/mol. The molecule has 94 valence electrons. The predicted octanol–water partition coefficient (Wildman–Crippen LogP) is -1.02. The van der Waals surface area contributed by atoms with E-state index in [1.54, 1.807) is 24.3 Å². The van der Waals surface area contributed by atoms with Crippen LogP contribution in [0.25, 0.3) is 6.08 Å². The third-order valence-corrected chi connectivity index (χ3v) is 2.66. The van der Waals surface area contributed by atoms with E-state index in [0.29, 0.717) is 10.6 Å². The van der Waals surface area contributed by atoms with Crippen LogP contribution in [-0.2, 0) is 23.9 Å². The van der Waals surface area contributed by atoms with Gasteiger partial charge in [-0.15, -0.1) is 0 Å². The molecule has 1 aromatic carbocycles. The van der Waals surface area contributed by atoms with Crippen molar-refractivity contribution in [1.29, 1.82) is 0 Å². The third kappa shape index (κ3) is 1.83. The summed E-state index contributed by atoms with van der Waals surface area (Å²) in [6.07, 6.45) is 3.08. The van der Waals surface area contributed by atoms with E-state index in [9.17, 15) is 14.4 Å². The fourth-order valence-electron chi connectivity index (χ4n) is 1.84. The Bertz CT molecular complexity index is 727. The number of para-hydroxylation sites is 1. The molecule has 0 unspecified atom stereocenters. The van der Waals surface area contributed by atoms with Crippen LogP contribution in [0, 0.1) is 0 Å². The van der Waals surface area contributed by atoms with Gasteiger partial charge in [-0.2, -0.15) is 0 Å². The number of hydrogen-bond donors (Lipinski definition) is 0. The molecule has 0 saturated heterocycles. The molecule has 1 amide bonds. The molecule has 0 aliphatic carbocycles. The highest BCUT2D eigenvalue weighted by Crippen LogP contribution is 2.22. The van der Waals surface area contributed by atoms with Gasteiger partial charge >= 0.3 is 23.6 Å². The molecular formula is C13H7NO5. The first-order valence-electron chi connectivity index (χ1n) is 5.44. The van der Waals surface area contributed by atoms with E-state index in [4.69, 9.17) is 9.47 Å². The highest BCUT2D eigenvalue weighted by molar-refractivity contribution is 6.01. The Morgan fingerprint density at radius 3 is 2.26 bits per heavy atom. The smallest absolute Gasteiger partial charge is 0.360 e. The van der Waals surface area contributed by atoms with E-state index in [1.807, 2.05) is 0 Å². The van der Waals surface area contributed by atoms with Gasteiger partial charge in [-0.25, -0.2) is 14.6 Å². The molecule has 0 saturated carbocycles. The van der Waals surface area contributed by atoms with Crippen LogP contribution in [0.15, 0.2) is 41.4 Å². The van der Waals surface area contributed by atoms with E-state index in [0.717, 1.165) is 12.2 Å². The molecule has 0 atom stereocenters. The van der Waals surface area contributed by atoms with Crippen molar-refractivity contribution in [2.24, 2.45) is 4.99 Å². The zero-order valence-corrected chi connectivity index (χ0v) is 9.53. The first-order chi connectivity index (χ1) is 9.09. The lowest BCUT2D eigenvalue weighted by atomic mass is 10.1. The average molecular weight is 257 g/mol. The average Bonchev–Trinajstić information content (AvgIpc) is 2.51. The third-order valence-electron chi connectivity index (χ3n) is 2.66. The van der Waals surface area contributed by atoms with Crippen molar-refractivity contribution in [2.75, 3.05) is 0 Å². The normalized spacial score (nSPS) is 19.7. The van der Waals surface area contributed by atoms with Crippen LogP contribution < -0.4 is 10.6 Å². The Morgan fingerprint density at radius 1 is 0.947 bits per heavy atom. The van der Waals surface area contributed by atoms with Crippen LogP contribution >= 0.6 is 0 Å². The van der Waals surface area contributed by atoms with Crippen molar-refractivity contribution in [3.05, 3.63) is 47.0 Å². The molecular weight excluding hydrogens is 250 g/mol. The van der Waals surface area contributed by atoms with Crippen molar-refractivity contribution >= 4 is 23.9 Å². The number of carbonyl (C=O) groups is 3. The number of carbonyl (C=O) groups excluding carboxylic acids is 3. The van der Waals surface area contributed by atoms with Gasteiger partial charge in [0.25, 0.3) is 0 Å². The summed E-state index contributed by atoms with van der Waals surface area (Å²) >= 11 is 0. The van der Waals surface area contributed by atoms with Crippen molar-refractivity contribution < 1.29 is 23.9 Å². The van der Waals surface area contributed by atoms with Gasteiger partial charge in [0, 0.05) is 23.4 Å². The first-order valence-corrected chi connectivity index (χ1v) is 5.44. The summed E-state index contributed by atoms with van der Waals surface area (Å²) in [4.78, 5) is 38.6. The fourth-order valence-corrected chi connectivity index (χ4v) is 1.84. The molecule has 6 heteroatoms. The maximum absolute atomic E-state index is 12.0. The lowest BCUT2D eigenvalue weighted by molar-refractivity contribution is -0.200. The number of amides is 1. The highest BCUT2D eigenvalue weighted by Gasteiger charge is 2.46. The molecule has 2 heterocycles. The van der Waals surface area contributed by atoms with E-state index in [1.165, 1.54) is 6.08 Å². The van der Waals surface area contributed by atoms with Crippen LogP contribution in [0.4, 0.5) is 0 Å². The number of ether oxygens (including phenoxy) is 2. The van der Waals surface area contributed by atoms with Crippen molar-refractivity contribution in [1.82, 2.24) is 0 Å². The van der Waals surface area contributed by atoms with Crippen LogP contribution in [-0.4, -0.2) is 23.6 Å². The van der Waals surface area contributed by atoms with Crippen LogP contribution in [0.1, 0.15) is 0 Å². The van der Waals surface area contributed by atoms with E-state index < -0.39 is 23.6 Å². The number of nitrogens with zero attached hydrogens (tertiary/aromatic N) is 1. The molecule has 1 aromatic rings. The summed E-state index contributed by atoms with van der Waals surface area (Å²) in [7, 11) is 0. The molecule has 2 aliphatic rings. The lowest BCUT2D eigenvalue weighted by Gasteiger charge is -2.25. The minimum absolute atomic E-state index is 0.433. The molecule has 0 N–H and O–H groups in total. The molecule has 0 radical (unpaired) electrons. The second kappa shape index (κ2) is 3.88. The summed E-state index contributed by atoms with van der Waals surface area (Å²) in [6, 6.07) is 6.75. The zero-order valence-electron chi connectivity index (χ0n) is 9.53. The molecule has 19 heavy (non-hydrogen) atoms. The Kier molecular flexibility index (Phi) is 2.31. The summed E-state index contributed by atoms with van der Waals surface area (Å²) in [5, 5.41) is 0.979. The summed E-state index contributed by atoms with van der Waals surface area (Å²) in [5.74, 6) is -4.64. The molecule has 0 aromatic heterocycles. The van der Waals surface area contributed by atoms with E-state index in [2.05, 4.69) is 4.99 Å². The van der Waals surface area contributed by atoms with Gasteiger partial charge in [0.1, 0.15) is 0 Å². The molecule has 6 nitrogen and oxygen atoms in total. The fraction of sp³-hybridized carbons (Fsp3) is 0.0769. The zero-order chi connectivity index (χ0) is 13.5. The number of benzene rings is 1. The number of rotatable bonds is 0. The summed E-state index contributed by atoms with van der Waals surface area (Å²) in [6.45, 7) is 0. The quantitative estimate of drug-likeness (QED) is 0.555. The van der Waals surface area contributed by atoms with Gasteiger partial charge in [0.05, 0.1) is 5.36 Å². The molecule has 0 fully saturated rings. The Hall–Kier alpha value is -2.76. The maximum atomic E-state index is 12.0. The molecule has 3 rings (SSSR count). The Morgan fingerprint density at radius 2 is 1.58 bits per heavy atom. The molecule has 2 aliphatic heterocycles. The SMILES string of the molecule is O=C1C=CC(=O)OC2(C=c3ccccc3=NC2=O)O1. The number of fused-ring (bicyclic) bond motifs is 1. The molecule has 0 bridgehead atoms. The van der Waals surface area contributed by atoms with Crippen LogP contribution in [0.5, 0.6) is 0 Å². The van der Waals surface area contributed by atoms with Gasteiger partial charge in [0.2, 0.25) is 0 Å². The Balaban J connectivity index is 2.20. The van der Waals surface area contributed by atoms with Crippen LogP contribution in [0.3, 0.4) is 0 Å². The van der Waals surface area contributed by atoms with Gasteiger partial charge in [-0.05, 0) is 6.07 Å². The standard InChI is InChI=1S/C13H7NO5/c15-10-5-6-11(16)19-13(18-10)7-8-3-1-2-4-9(8)14-12(13)17/h1-7H. The topological polar surface area (TPSA) is 82.0 Å². The van der Waals surface area contributed by atoms with Crippen molar-refractivity contribution in [3.63, 3.8) is 0 Å². The number of esters is 2. The largest absolute Gasteiger partial charge is 0.406 e. The monoisotopic (exact) mass is 257 g/mol. The molecule has 1 spiro atoms. The maximum Gasteiger partial charge on any atom is 0.360 e.